The molecule has 1 saturated heterocycles. The van der Waals surface area contributed by atoms with Crippen LogP contribution >= 0.6 is 23.1 Å². The zero-order valence-corrected chi connectivity index (χ0v) is 24.9. The molecule has 0 bridgehead atoms. The minimum Gasteiger partial charge on any atom is -0.483 e. The molecule has 2 aliphatic heterocycles. The van der Waals surface area contributed by atoms with Gasteiger partial charge in [0, 0.05) is 22.0 Å². The van der Waals surface area contributed by atoms with Gasteiger partial charge in [0.2, 0.25) is 21.8 Å². The number of anilines is 2. The zero-order valence-electron chi connectivity index (χ0n) is 22.5. The first kappa shape index (κ1) is 28.9. The molecule has 4 aromatic rings. The highest BCUT2D eigenvalue weighted by atomic mass is 32.2. The lowest BCUT2D eigenvalue weighted by Crippen LogP contribution is -2.32. The lowest BCUT2D eigenvalue weighted by Gasteiger charge is -2.30. The molecule has 3 atom stereocenters. The van der Waals surface area contributed by atoms with E-state index in [1.165, 1.54) is 40.9 Å². The maximum atomic E-state index is 14.0. The maximum Gasteiger partial charge on any atom is 0.305 e. The van der Waals surface area contributed by atoms with E-state index >= 15 is 0 Å². The number of para-hydroxylation sites is 1. The normalized spacial score (nSPS) is 19.6. The Labute approximate surface area is 254 Å². The monoisotopic (exact) mass is 636 g/mol. The van der Waals surface area contributed by atoms with Crippen molar-refractivity contribution in [3.05, 3.63) is 98.5 Å². The Balaban J connectivity index is 1.29. The SMILES string of the molecule is Cc1ccc(N2C(=O)C3Sc4[nH]c(=O)sc4[C@H](c4ccccc4OCC(=O)Nc4ccc(S(N)(=O)=O)cc4)C3C2=O)cc1. The number of fused-ring (bicyclic) bond motifs is 2. The van der Waals surface area contributed by atoms with Crippen LogP contribution in [0.4, 0.5) is 11.4 Å². The average molecular weight is 637 g/mol. The van der Waals surface area contributed by atoms with E-state index in [0.717, 1.165) is 16.9 Å². The first-order chi connectivity index (χ1) is 20.5. The highest BCUT2D eigenvalue weighted by Crippen LogP contribution is 2.54. The van der Waals surface area contributed by atoms with Crippen molar-refractivity contribution >= 4 is 62.2 Å². The highest BCUT2D eigenvalue weighted by Gasteiger charge is 2.56. The number of amides is 3. The molecule has 0 spiro atoms. The van der Waals surface area contributed by atoms with Crippen molar-refractivity contribution in [1.29, 1.82) is 0 Å². The van der Waals surface area contributed by atoms with Crippen LogP contribution in [0.3, 0.4) is 0 Å². The Morgan fingerprint density at radius 1 is 1.00 bits per heavy atom. The van der Waals surface area contributed by atoms with Crippen molar-refractivity contribution in [2.45, 2.75) is 28.0 Å². The van der Waals surface area contributed by atoms with Gasteiger partial charge in [0.05, 0.1) is 21.5 Å². The molecule has 1 aromatic heterocycles. The number of aromatic nitrogens is 1. The molecule has 14 heteroatoms. The number of nitrogens with two attached hydrogens (primary N) is 1. The Hall–Kier alpha value is -4.24. The number of aromatic amines is 1. The van der Waals surface area contributed by atoms with E-state index in [9.17, 15) is 27.6 Å². The summed E-state index contributed by atoms with van der Waals surface area (Å²) < 4.78 is 28.9. The Morgan fingerprint density at radius 2 is 1.70 bits per heavy atom. The second-order valence-electron chi connectivity index (χ2n) is 10.0. The number of ether oxygens (including phenoxy) is 1. The van der Waals surface area contributed by atoms with Gasteiger partial charge in [0.1, 0.15) is 11.0 Å². The minimum absolute atomic E-state index is 0.0908. The standard InChI is InChI=1S/C29H24N4O7S3/c1-15-6-10-17(11-7-15)33-27(35)23-22(24-26(32-29(37)42-24)41-25(23)28(33)36)19-4-2-3-5-20(19)40-14-21(34)31-16-8-12-18(13-9-16)43(30,38)39/h2-13,22-23,25H,14H2,1H3,(H,31,34)(H,32,37)(H2,30,38,39)/t22-,23?,25?/m1/s1. The number of nitrogens with zero attached hydrogens (tertiary/aromatic N) is 1. The number of aryl methyl sites for hydroxylation is 1. The molecule has 43 heavy (non-hydrogen) atoms. The number of carbonyl (C=O) groups is 3. The third-order valence-electron chi connectivity index (χ3n) is 7.20. The van der Waals surface area contributed by atoms with Crippen LogP contribution in [-0.2, 0) is 24.4 Å². The van der Waals surface area contributed by atoms with Gasteiger partial charge < -0.3 is 15.0 Å². The third-order valence-corrected chi connectivity index (χ3v) is 10.5. The Bertz CT molecular complexity index is 1920. The molecule has 3 heterocycles. The summed E-state index contributed by atoms with van der Waals surface area (Å²) in [7, 11) is -3.87. The second kappa shape index (κ2) is 11.1. The molecule has 11 nitrogen and oxygen atoms in total. The number of thiazole rings is 1. The lowest BCUT2D eigenvalue weighted by atomic mass is 9.82. The predicted molar refractivity (Wildman–Crippen MR) is 162 cm³/mol. The number of H-pyrrole nitrogens is 1. The summed E-state index contributed by atoms with van der Waals surface area (Å²) in [6.07, 6.45) is 0. The van der Waals surface area contributed by atoms with E-state index in [1.54, 1.807) is 36.4 Å². The van der Waals surface area contributed by atoms with Gasteiger partial charge in [-0.3, -0.25) is 19.2 Å². The number of thioether (sulfide) groups is 1. The minimum atomic E-state index is -3.87. The number of imide groups is 1. The largest absolute Gasteiger partial charge is 0.483 e. The lowest BCUT2D eigenvalue weighted by molar-refractivity contribution is -0.122. The van der Waals surface area contributed by atoms with E-state index in [1.807, 2.05) is 19.1 Å². The fourth-order valence-electron chi connectivity index (χ4n) is 5.24. The predicted octanol–water partition coefficient (Wildman–Crippen LogP) is 3.21. The summed E-state index contributed by atoms with van der Waals surface area (Å²) in [6.45, 7) is 1.51. The number of primary sulfonamides is 1. The summed E-state index contributed by atoms with van der Waals surface area (Å²) in [5.74, 6) is -2.43. The zero-order chi connectivity index (χ0) is 30.5. The molecule has 2 unspecified atom stereocenters. The van der Waals surface area contributed by atoms with Crippen molar-refractivity contribution in [3.8, 4) is 5.75 Å². The van der Waals surface area contributed by atoms with Gasteiger partial charge in [0.25, 0.3) is 5.91 Å². The summed E-state index contributed by atoms with van der Waals surface area (Å²) >= 11 is 2.16. The molecule has 3 amide bonds. The summed E-state index contributed by atoms with van der Waals surface area (Å²) in [4.78, 5) is 57.0. The van der Waals surface area contributed by atoms with Crippen LogP contribution in [0.1, 0.15) is 21.9 Å². The number of benzene rings is 3. The van der Waals surface area contributed by atoms with Gasteiger partial charge in [0.15, 0.2) is 6.61 Å². The van der Waals surface area contributed by atoms with E-state index in [0.29, 0.717) is 32.6 Å². The van der Waals surface area contributed by atoms with Gasteiger partial charge >= 0.3 is 4.87 Å². The molecule has 4 N–H and O–H groups in total. The van der Waals surface area contributed by atoms with Gasteiger partial charge in [-0.05, 0) is 49.4 Å². The molecular weight excluding hydrogens is 613 g/mol. The molecule has 0 aliphatic carbocycles. The maximum absolute atomic E-state index is 14.0. The van der Waals surface area contributed by atoms with E-state index < -0.39 is 39.6 Å². The molecule has 2 aliphatic rings. The van der Waals surface area contributed by atoms with Crippen molar-refractivity contribution < 1.29 is 27.5 Å². The Kier molecular flexibility index (Phi) is 7.46. The van der Waals surface area contributed by atoms with E-state index in [-0.39, 0.29) is 21.6 Å². The fraction of sp³-hybridized carbons (Fsp3) is 0.172. The van der Waals surface area contributed by atoms with Gasteiger partial charge in [-0.25, -0.2) is 18.5 Å². The fourth-order valence-corrected chi connectivity index (χ4v) is 8.26. The first-order valence-electron chi connectivity index (χ1n) is 13.0. The number of nitrogens with one attached hydrogen (secondary N) is 2. The van der Waals surface area contributed by atoms with Gasteiger partial charge in [-0.15, -0.1) is 0 Å². The second-order valence-corrected chi connectivity index (χ2v) is 13.8. The van der Waals surface area contributed by atoms with E-state index in [2.05, 4.69) is 10.3 Å². The molecule has 220 valence electrons. The number of hydrogen-bond acceptors (Lipinski definition) is 9. The van der Waals surface area contributed by atoms with Crippen molar-refractivity contribution in [2.75, 3.05) is 16.8 Å². The van der Waals surface area contributed by atoms with Crippen LogP contribution in [0.5, 0.6) is 5.75 Å². The summed E-state index contributed by atoms with van der Waals surface area (Å²) in [6, 6.07) is 19.4. The Morgan fingerprint density at radius 3 is 2.40 bits per heavy atom. The summed E-state index contributed by atoms with van der Waals surface area (Å²) in [5, 5.41) is 7.52. The number of hydrogen-bond donors (Lipinski definition) is 3. The third kappa shape index (κ3) is 5.49. The van der Waals surface area contributed by atoms with Crippen LogP contribution in [0.2, 0.25) is 0 Å². The average Bonchev–Trinajstić information content (AvgIpc) is 3.46. The van der Waals surface area contributed by atoms with Crippen molar-refractivity contribution in [3.63, 3.8) is 0 Å². The number of carbonyl (C=O) groups excluding carboxylic acids is 3. The van der Waals surface area contributed by atoms with Crippen LogP contribution in [0, 0.1) is 12.8 Å². The van der Waals surface area contributed by atoms with Crippen LogP contribution in [0.15, 0.2) is 87.5 Å². The molecule has 1 fully saturated rings. The summed E-state index contributed by atoms with van der Waals surface area (Å²) in [5.41, 5.74) is 2.37. The quantitative estimate of drug-likeness (QED) is 0.260. The van der Waals surface area contributed by atoms with E-state index in [4.69, 9.17) is 9.88 Å². The number of rotatable bonds is 7. The van der Waals surface area contributed by atoms with Crippen molar-refractivity contribution in [1.82, 2.24) is 4.98 Å². The number of sulfonamides is 1. The molecule has 0 radical (unpaired) electrons. The van der Waals surface area contributed by atoms with Gasteiger partial charge in [-0.1, -0.05) is 59.0 Å². The topological polar surface area (TPSA) is 169 Å². The molecule has 0 saturated carbocycles. The first-order valence-corrected chi connectivity index (χ1v) is 16.2. The molecule has 6 rings (SSSR count). The smallest absolute Gasteiger partial charge is 0.305 e. The molecule has 3 aromatic carbocycles. The van der Waals surface area contributed by atoms with Crippen LogP contribution in [0.25, 0.3) is 0 Å². The van der Waals surface area contributed by atoms with Gasteiger partial charge in [-0.2, -0.15) is 0 Å². The van der Waals surface area contributed by atoms with Crippen LogP contribution < -0.4 is 25.0 Å². The molecular formula is C29H24N4O7S3. The van der Waals surface area contributed by atoms with Crippen molar-refractivity contribution in [2.24, 2.45) is 11.1 Å². The van der Waals surface area contributed by atoms with Crippen LogP contribution in [-0.4, -0.2) is 43.0 Å². The highest BCUT2D eigenvalue weighted by molar-refractivity contribution is 8.00.